The molecule has 2 rings (SSSR count). The lowest BCUT2D eigenvalue weighted by molar-refractivity contribution is 0.222. The van der Waals surface area contributed by atoms with E-state index in [0.29, 0.717) is 26.2 Å². The van der Waals surface area contributed by atoms with Crippen LogP contribution in [0.2, 0.25) is 0 Å². The molecule has 19 heavy (non-hydrogen) atoms. The Morgan fingerprint density at radius 2 is 1.79 bits per heavy atom. The van der Waals surface area contributed by atoms with Crippen LogP contribution in [-0.2, 0) is 10.0 Å². The largest absolute Gasteiger partial charge is 0.396 e. The maximum Gasteiger partial charge on any atom is 0.243 e. The summed E-state index contributed by atoms with van der Waals surface area (Å²) >= 11 is 0. The molecule has 106 valence electrons. The molecule has 0 amide bonds. The second-order valence-electron chi connectivity index (χ2n) is 4.85. The molecule has 0 atom stereocenters. The highest BCUT2D eigenvalue weighted by molar-refractivity contribution is 7.89. The molecule has 0 aromatic heterocycles. The molecule has 7 heteroatoms. The molecule has 1 aliphatic heterocycles. The van der Waals surface area contributed by atoms with Gasteiger partial charge in [-0.05, 0) is 31.7 Å². The molecule has 1 fully saturated rings. The van der Waals surface area contributed by atoms with Crippen molar-refractivity contribution in [2.24, 2.45) is 0 Å². The summed E-state index contributed by atoms with van der Waals surface area (Å²) < 4.78 is 39.7. The maximum atomic E-state index is 13.5. The number of piperazine rings is 1. The third-order valence-corrected chi connectivity index (χ3v) is 5.23. The number of hydrogen-bond donors (Lipinski definition) is 1. The second-order valence-corrected chi connectivity index (χ2v) is 6.79. The number of hydrogen-bond acceptors (Lipinski definition) is 4. The van der Waals surface area contributed by atoms with Crippen molar-refractivity contribution in [3.05, 3.63) is 23.5 Å². The molecule has 1 aromatic carbocycles. The van der Waals surface area contributed by atoms with Gasteiger partial charge >= 0.3 is 0 Å². The summed E-state index contributed by atoms with van der Waals surface area (Å²) in [5.74, 6) is -0.558. The first kappa shape index (κ1) is 14.2. The van der Waals surface area contributed by atoms with Crippen molar-refractivity contribution in [3.63, 3.8) is 0 Å². The summed E-state index contributed by atoms with van der Waals surface area (Å²) in [6.45, 7) is 3.77. The summed E-state index contributed by atoms with van der Waals surface area (Å²) in [4.78, 5) is 2.13. The zero-order valence-electron chi connectivity index (χ0n) is 11.1. The number of sulfonamides is 1. The zero-order valence-corrected chi connectivity index (χ0v) is 11.9. The van der Waals surface area contributed by atoms with E-state index in [4.69, 9.17) is 5.73 Å². The number of benzene rings is 1. The highest BCUT2D eigenvalue weighted by Gasteiger charge is 2.28. The molecular weight excluding hydrogens is 269 g/mol. The first-order chi connectivity index (χ1) is 8.82. The van der Waals surface area contributed by atoms with Gasteiger partial charge in [0.1, 0.15) is 5.82 Å². The van der Waals surface area contributed by atoms with Crippen LogP contribution in [0.15, 0.2) is 17.0 Å². The second kappa shape index (κ2) is 5.07. The zero-order chi connectivity index (χ0) is 14.2. The Kier molecular flexibility index (Phi) is 3.80. The van der Waals surface area contributed by atoms with E-state index in [1.54, 1.807) is 0 Å². The smallest absolute Gasteiger partial charge is 0.243 e. The van der Waals surface area contributed by atoms with Gasteiger partial charge in [-0.3, -0.25) is 0 Å². The average Bonchev–Trinajstić information content (AvgIpc) is 2.35. The summed E-state index contributed by atoms with van der Waals surface area (Å²) in [6.07, 6.45) is 0. The Morgan fingerprint density at radius 3 is 2.32 bits per heavy atom. The third-order valence-electron chi connectivity index (χ3n) is 3.36. The lowest BCUT2D eigenvalue weighted by atomic mass is 10.2. The molecule has 0 bridgehead atoms. The molecule has 1 aliphatic rings. The third kappa shape index (κ3) is 2.72. The predicted octanol–water partition coefficient (Wildman–Crippen LogP) is 0.652. The quantitative estimate of drug-likeness (QED) is 0.811. The normalized spacial score (nSPS) is 18.7. The lowest BCUT2D eigenvalue weighted by Crippen LogP contribution is -2.47. The van der Waals surface area contributed by atoms with Gasteiger partial charge in [0.2, 0.25) is 10.0 Å². The van der Waals surface area contributed by atoms with Crippen molar-refractivity contribution in [1.82, 2.24) is 9.21 Å². The Balaban J connectivity index is 2.35. The fourth-order valence-corrected chi connectivity index (χ4v) is 3.63. The Bertz CT molecular complexity index is 558. The van der Waals surface area contributed by atoms with E-state index in [2.05, 4.69) is 4.90 Å². The number of nitrogens with zero attached hydrogens (tertiary/aromatic N) is 2. The van der Waals surface area contributed by atoms with Crippen molar-refractivity contribution in [3.8, 4) is 0 Å². The number of aryl methyl sites for hydroxylation is 1. The Labute approximate surface area is 112 Å². The van der Waals surface area contributed by atoms with Crippen molar-refractivity contribution in [2.75, 3.05) is 39.0 Å². The van der Waals surface area contributed by atoms with Gasteiger partial charge in [0.25, 0.3) is 0 Å². The van der Waals surface area contributed by atoms with E-state index in [9.17, 15) is 12.8 Å². The van der Waals surface area contributed by atoms with Crippen LogP contribution < -0.4 is 5.73 Å². The van der Waals surface area contributed by atoms with Gasteiger partial charge in [-0.2, -0.15) is 4.31 Å². The van der Waals surface area contributed by atoms with Gasteiger partial charge in [0, 0.05) is 26.2 Å². The van der Waals surface area contributed by atoms with E-state index in [-0.39, 0.29) is 16.1 Å². The lowest BCUT2D eigenvalue weighted by Gasteiger charge is -2.31. The Morgan fingerprint density at radius 1 is 1.21 bits per heavy atom. The van der Waals surface area contributed by atoms with Gasteiger partial charge in [-0.1, -0.05) is 0 Å². The van der Waals surface area contributed by atoms with Crippen molar-refractivity contribution < 1.29 is 12.8 Å². The molecule has 1 aromatic rings. The van der Waals surface area contributed by atoms with Crippen LogP contribution in [0.4, 0.5) is 10.1 Å². The van der Waals surface area contributed by atoms with E-state index < -0.39 is 15.8 Å². The van der Waals surface area contributed by atoms with E-state index in [1.165, 1.54) is 23.4 Å². The average molecular weight is 287 g/mol. The molecule has 1 saturated heterocycles. The summed E-state index contributed by atoms with van der Waals surface area (Å²) in [6, 6.07) is 2.52. The summed E-state index contributed by atoms with van der Waals surface area (Å²) in [7, 11) is -1.64. The first-order valence-electron chi connectivity index (χ1n) is 6.06. The predicted molar refractivity (Wildman–Crippen MR) is 71.8 cm³/mol. The summed E-state index contributed by atoms with van der Waals surface area (Å²) in [5, 5.41) is 0. The van der Waals surface area contributed by atoms with Gasteiger partial charge in [-0.25, -0.2) is 12.8 Å². The van der Waals surface area contributed by atoms with Gasteiger partial charge in [0.05, 0.1) is 10.6 Å². The van der Waals surface area contributed by atoms with Crippen LogP contribution in [0.5, 0.6) is 0 Å². The fourth-order valence-electron chi connectivity index (χ4n) is 2.09. The topological polar surface area (TPSA) is 66.6 Å². The number of rotatable bonds is 2. The molecule has 2 N–H and O–H groups in total. The van der Waals surface area contributed by atoms with Crippen LogP contribution in [0.3, 0.4) is 0 Å². The van der Waals surface area contributed by atoms with Gasteiger partial charge in [-0.15, -0.1) is 0 Å². The minimum absolute atomic E-state index is 0.0634. The molecule has 0 aliphatic carbocycles. The minimum Gasteiger partial charge on any atom is -0.396 e. The number of nitrogen functional groups attached to an aromatic ring is 1. The highest BCUT2D eigenvalue weighted by atomic mass is 32.2. The maximum absolute atomic E-state index is 13.5. The fraction of sp³-hybridized carbons (Fsp3) is 0.500. The van der Waals surface area contributed by atoms with Crippen LogP contribution in [0, 0.1) is 12.7 Å². The molecule has 1 heterocycles. The summed E-state index contributed by atoms with van der Waals surface area (Å²) in [5.41, 5.74) is 5.62. The van der Waals surface area contributed by atoms with E-state index in [0.717, 1.165) is 0 Å². The number of halogens is 1. The first-order valence-corrected chi connectivity index (χ1v) is 7.50. The standard InChI is InChI=1S/C12H18FN3O2S/c1-9-7-10(8-11(14)12(9)13)19(17,18)16-5-3-15(2)4-6-16/h7-8H,3-6,14H2,1-2H3. The number of nitrogens with two attached hydrogens (primary N) is 1. The van der Waals surface area contributed by atoms with E-state index in [1.807, 2.05) is 7.05 Å². The van der Waals surface area contributed by atoms with Gasteiger partial charge < -0.3 is 10.6 Å². The van der Waals surface area contributed by atoms with Crippen LogP contribution in [-0.4, -0.2) is 50.8 Å². The number of likely N-dealkylation sites (N-methyl/N-ethyl adjacent to an activating group) is 1. The van der Waals surface area contributed by atoms with Crippen molar-refractivity contribution in [2.45, 2.75) is 11.8 Å². The molecular formula is C12H18FN3O2S. The van der Waals surface area contributed by atoms with Crippen LogP contribution in [0.25, 0.3) is 0 Å². The monoisotopic (exact) mass is 287 g/mol. The van der Waals surface area contributed by atoms with Crippen molar-refractivity contribution in [1.29, 1.82) is 0 Å². The molecule has 0 unspecified atom stereocenters. The van der Waals surface area contributed by atoms with Crippen LogP contribution >= 0.6 is 0 Å². The van der Waals surface area contributed by atoms with Crippen LogP contribution in [0.1, 0.15) is 5.56 Å². The highest BCUT2D eigenvalue weighted by Crippen LogP contribution is 2.24. The molecule has 5 nitrogen and oxygen atoms in total. The Hall–Kier alpha value is -1.18. The SMILES string of the molecule is Cc1cc(S(=O)(=O)N2CCN(C)CC2)cc(N)c1F. The molecule has 0 saturated carbocycles. The molecule has 0 spiro atoms. The van der Waals surface area contributed by atoms with E-state index >= 15 is 0 Å². The molecule has 0 radical (unpaired) electrons. The minimum atomic E-state index is -3.59. The van der Waals surface area contributed by atoms with Gasteiger partial charge in [0.15, 0.2) is 0 Å². The number of anilines is 1. The van der Waals surface area contributed by atoms with Crippen molar-refractivity contribution >= 4 is 15.7 Å².